The van der Waals surface area contributed by atoms with Crippen LogP contribution in [0.25, 0.3) is 0 Å². The molecule has 0 aromatic carbocycles. The standard InChI is InChI=1S/C16H27N3O/c1-13(2)17-11-15-5-4-6-16(18-15)19(3)12-14-7-9-20-10-8-14/h4-6,13-14,17H,7-12H2,1-3H3. The maximum absolute atomic E-state index is 5.42. The minimum atomic E-state index is 0.487. The highest BCUT2D eigenvalue weighted by Gasteiger charge is 2.16. The largest absolute Gasteiger partial charge is 0.381 e. The Bertz CT molecular complexity index is 402. The fourth-order valence-electron chi connectivity index (χ4n) is 2.50. The summed E-state index contributed by atoms with van der Waals surface area (Å²) in [7, 11) is 2.14. The Labute approximate surface area is 122 Å². The topological polar surface area (TPSA) is 37.4 Å². The lowest BCUT2D eigenvalue weighted by molar-refractivity contribution is 0.0685. The Morgan fingerprint density at radius 2 is 2.10 bits per heavy atom. The van der Waals surface area contributed by atoms with Crippen LogP contribution in [0.15, 0.2) is 18.2 Å². The summed E-state index contributed by atoms with van der Waals surface area (Å²) in [5.41, 5.74) is 1.11. The molecule has 0 amide bonds. The molecule has 1 aliphatic rings. The van der Waals surface area contributed by atoms with E-state index in [1.165, 1.54) is 12.8 Å². The molecule has 0 bridgehead atoms. The molecular formula is C16H27N3O. The first-order valence-electron chi connectivity index (χ1n) is 7.63. The molecule has 1 saturated heterocycles. The van der Waals surface area contributed by atoms with Crippen LogP contribution in [0, 0.1) is 5.92 Å². The number of rotatable bonds is 6. The van der Waals surface area contributed by atoms with E-state index in [4.69, 9.17) is 9.72 Å². The molecule has 1 aromatic heterocycles. The summed E-state index contributed by atoms with van der Waals surface area (Å²) in [6.07, 6.45) is 2.33. The zero-order valence-corrected chi connectivity index (χ0v) is 12.9. The predicted molar refractivity (Wildman–Crippen MR) is 83.0 cm³/mol. The van der Waals surface area contributed by atoms with Crippen molar-refractivity contribution in [3.05, 3.63) is 23.9 Å². The van der Waals surface area contributed by atoms with E-state index in [0.29, 0.717) is 6.04 Å². The second-order valence-electron chi connectivity index (χ2n) is 5.96. The van der Waals surface area contributed by atoms with Gasteiger partial charge in [0.1, 0.15) is 5.82 Å². The molecule has 0 unspecified atom stereocenters. The lowest BCUT2D eigenvalue weighted by atomic mass is 10.00. The normalized spacial score (nSPS) is 16.6. The zero-order chi connectivity index (χ0) is 14.4. The second-order valence-corrected chi connectivity index (χ2v) is 5.96. The third kappa shape index (κ3) is 4.76. The SMILES string of the molecule is CC(C)NCc1cccc(N(C)CC2CCOCC2)n1. The predicted octanol–water partition coefficient (Wildman–Crippen LogP) is 2.44. The van der Waals surface area contributed by atoms with Crippen molar-refractivity contribution in [1.82, 2.24) is 10.3 Å². The van der Waals surface area contributed by atoms with E-state index in [0.717, 1.165) is 43.7 Å². The van der Waals surface area contributed by atoms with Gasteiger partial charge in [0.15, 0.2) is 0 Å². The Morgan fingerprint density at radius 3 is 2.80 bits per heavy atom. The highest BCUT2D eigenvalue weighted by molar-refractivity contribution is 5.38. The van der Waals surface area contributed by atoms with E-state index in [-0.39, 0.29) is 0 Å². The minimum Gasteiger partial charge on any atom is -0.381 e. The minimum absolute atomic E-state index is 0.487. The zero-order valence-electron chi connectivity index (χ0n) is 12.9. The summed E-state index contributed by atoms with van der Waals surface area (Å²) < 4.78 is 5.42. The van der Waals surface area contributed by atoms with E-state index >= 15 is 0 Å². The molecule has 20 heavy (non-hydrogen) atoms. The molecule has 0 atom stereocenters. The van der Waals surface area contributed by atoms with Crippen LogP contribution in [0.2, 0.25) is 0 Å². The van der Waals surface area contributed by atoms with Crippen molar-refractivity contribution in [1.29, 1.82) is 0 Å². The van der Waals surface area contributed by atoms with E-state index < -0.39 is 0 Å². The van der Waals surface area contributed by atoms with Crippen LogP contribution in [0.3, 0.4) is 0 Å². The van der Waals surface area contributed by atoms with Gasteiger partial charge >= 0.3 is 0 Å². The number of ether oxygens (including phenoxy) is 1. The lowest BCUT2D eigenvalue weighted by Gasteiger charge is -2.28. The maximum atomic E-state index is 5.42. The molecule has 1 aliphatic heterocycles. The van der Waals surface area contributed by atoms with E-state index in [1.807, 2.05) is 0 Å². The summed E-state index contributed by atoms with van der Waals surface area (Å²) in [6, 6.07) is 6.76. The van der Waals surface area contributed by atoms with Gasteiger partial charge in [-0.2, -0.15) is 0 Å². The maximum Gasteiger partial charge on any atom is 0.128 e. The van der Waals surface area contributed by atoms with Gasteiger partial charge < -0.3 is 15.0 Å². The first kappa shape index (κ1) is 15.3. The van der Waals surface area contributed by atoms with Crippen LogP contribution >= 0.6 is 0 Å². The van der Waals surface area contributed by atoms with Crippen LogP contribution in [-0.4, -0.2) is 37.8 Å². The van der Waals surface area contributed by atoms with Crippen LogP contribution in [-0.2, 0) is 11.3 Å². The van der Waals surface area contributed by atoms with Crippen LogP contribution in [0.1, 0.15) is 32.4 Å². The average Bonchev–Trinajstić information content (AvgIpc) is 2.46. The molecule has 1 aromatic rings. The summed E-state index contributed by atoms with van der Waals surface area (Å²) in [5.74, 6) is 1.80. The van der Waals surface area contributed by atoms with Gasteiger partial charge in [0.05, 0.1) is 5.69 Å². The van der Waals surface area contributed by atoms with E-state index in [2.05, 4.69) is 49.3 Å². The average molecular weight is 277 g/mol. The molecule has 0 spiro atoms. The van der Waals surface area contributed by atoms with Crippen molar-refractivity contribution in [2.75, 3.05) is 31.7 Å². The molecule has 2 rings (SSSR count). The van der Waals surface area contributed by atoms with Crippen LogP contribution < -0.4 is 10.2 Å². The van der Waals surface area contributed by atoms with Gasteiger partial charge in [0.2, 0.25) is 0 Å². The number of hydrogen-bond acceptors (Lipinski definition) is 4. The second kappa shape index (κ2) is 7.60. The molecule has 1 N–H and O–H groups in total. The number of nitrogens with zero attached hydrogens (tertiary/aromatic N) is 2. The molecule has 0 aliphatic carbocycles. The fourth-order valence-corrected chi connectivity index (χ4v) is 2.50. The van der Waals surface area contributed by atoms with Crippen LogP contribution in [0.5, 0.6) is 0 Å². The number of nitrogens with one attached hydrogen (secondary N) is 1. The first-order valence-corrected chi connectivity index (χ1v) is 7.63. The number of pyridine rings is 1. The smallest absolute Gasteiger partial charge is 0.128 e. The van der Waals surface area contributed by atoms with Gasteiger partial charge in [-0.15, -0.1) is 0 Å². The Hall–Kier alpha value is -1.13. The van der Waals surface area contributed by atoms with Crippen molar-refractivity contribution >= 4 is 5.82 Å². The van der Waals surface area contributed by atoms with Crippen molar-refractivity contribution in [2.24, 2.45) is 5.92 Å². The number of hydrogen-bond donors (Lipinski definition) is 1. The van der Waals surface area contributed by atoms with Crippen molar-refractivity contribution < 1.29 is 4.74 Å². The van der Waals surface area contributed by atoms with Gasteiger partial charge in [-0.3, -0.25) is 0 Å². The summed E-state index contributed by atoms with van der Waals surface area (Å²) in [6.45, 7) is 8.02. The highest BCUT2D eigenvalue weighted by Crippen LogP contribution is 2.18. The number of aromatic nitrogens is 1. The monoisotopic (exact) mass is 277 g/mol. The van der Waals surface area contributed by atoms with E-state index in [1.54, 1.807) is 0 Å². The highest BCUT2D eigenvalue weighted by atomic mass is 16.5. The summed E-state index contributed by atoms with van der Waals surface area (Å²) >= 11 is 0. The van der Waals surface area contributed by atoms with Crippen molar-refractivity contribution in [3.8, 4) is 0 Å². The number of anilines is 1. The molecule has 4 heteroatoms. The molecule has 1 fully saturated rings. The Kier molecular flexibility index (Phi) is 5.80. The van der Waals surface area contributed by atoms with Gasteiger partial charge in [-0.1, -0.05) is 19.9 Å². The molecule has 0 radical (unpaired) electrons. The van der Waals surface area contributed by atoms with Crippen molar-refractivity contribution in [2.45, 2.75) is 39.3 Å². The van der Waals surface area contributed by atoms with Gasteiger partial charge in [-0.25, -0.2) is 4.98 Å². The Morgan fingerprint density at radius 1 is 1.35 bits per heavy atom. The van der Waals surface area contributed by atoms with Gasteiger partial charge in [-0.05, 0) is 30.9 Å². The summed E-state index contributed by atoms with van der Waals surface area (Å²) in [5, 5.41) is 3.41. The summed E-state index contributed by atoms with van der Waals surface area (Å²) in [4.78, 5) is 7.01. The molecule has 112 valence electrons. The van der Waals surface area contributed by atoms with E-state index in [9.17, 15) is 0 Å². The first-order chi connectivity index (χ1) is 9.65. The third-order valence-corrected chi connectivity index (χ3v) is 3.75. The van der Waals surface area contributed by atoms with Gasteiger partial charge in [0, 0.05) is 39.4 Å². The Balaban J connectivity index is 1.91. The lowest BCUT2D eigenvalue weighted by Crippen LogP contribution is -2.30. The molecule has 4 nitrogen and oxygen atoms in total. The van der Waals surface area contributed by atoms with Crippen molar-refractivity contribution in [3.63, 3.8) is 0 Å². The van der Waals surface area contributed by atoms with Gasteiger partial charge in [0.25, 0.3) is 0 Å². The quantitative estimate of drug-likeness (QED) is 0.866. The fraction of sp³-hybridized carbons (Fsp3) is 0.688. The molecular weight excluding hydrogens is 250 g/mol. The molecule has 2 heterocycles. The molecule has 0 saturated carbocycles. The third-order valence-electron chi connectivity index (χ3n) is 3.75. The van der Waals surface area contributed by atoms with Crippen LogP contribution in [0.4, 0.5) is 5.82 Å².